The SMILES string of the molecule is C=CC(=O)N1CCN(c2nc(=O)n3c4c(c(-c5ccc(F)cc5)c(C)cc24)SC[C@@H](OCOC)C3)CC1. The van der Waals surface area contributed by atoms with Crippen molar-refractivity contribution < 1.29 is 18.7 Å². The summed E-state index contributed by atoms with van der Waals surface area (Å²) >= 11 is 1.63. The highest BCUT2D eigenvalue weighted by atomic mass is 32.2. The molecule has 3 heterocycles. The molecular formula is C27H29FN4O4S. The summed E-state index contributed by atoms with van der Waals surface area (Å²) in [6.07, 6.45) is 1.08. The molecule has 0 aliphatic carbocycles. The molecule has 0 N–H and O–H groups in total. The van der Waals surface area contributed by atoms with Crippen molar-refractivity contribution in [3.63, 3.8) is 0 Å². The van der Waals surface area contributed by atoms with Crippen LogP contribution < -0.4 is 10.6 Å². The molecule has 2 aliphatic heterocycles. The number of hydrogen-bond donors (Lipinski definition) is 0. The molecule has 2 aliphatic rings. The summed E-state index contributed by atoms with van der Waals surface area (Å²) in [6.45, 7) is 8.26. The van der Waals surface area contributed by atoms with Crippen LogP contribution in [0.25, 0.3) is 22.0 Å². The Kier molecular flexibility index (Phi) is 7.32. The van der Waals surface area contributed by atoms with Crippen LogP contribution in [0.15, 0.2) is 52.7 Å². The van der Waals surface area contributed by atoms with Gasteiger partial charge in [-0.15, -0.1) is 11.8 Å². The first-order valence-electron chi connectivity index (χ1n) is 12.1. The molecule has 8 nitrogen and oxygen atoms in total. The number of thioether (sulfide) groups is 1. The first-order valence-corrected chi connectivity index (χ1v) is 13.1. The topological polar surface area (TPSA) is 76.9 Å². The molecule has 1 amide bonds. The average Bonchev–Trinajstić information content (AvgIpc) is 3.10. The Labute approximate surface area is 218 Å². The molecule has 1 aromatic heterocycles. The number of hydrogen-bond acceptors (Lipinski definition) is 7. The Hall–Kier alpha value is -3.21. The molecule has 10 heteroatoms. The predicted octanol–water partition coefficient (Wildman–Crippen LogP) is 3.44. The van der Waals surface area contributed by atoms with E-state index in [1.165, 1.54) is 18.2 Å². The maximum atomic E-state index is 13.7. The third-order valence-electron chi connectivity index (χ3n) is 6.82. The van der Waals surface area contributed by atoms with Gasteiger partial charge in [0, 0.05) is 54.9 Å². The van der Waals surface area contributed by atoms with Crippen molar-refractivity contribution in [3.8, 4) is 11.1 Å². The van der Waals surface area contributed by atoms with Gasteiger partial charge in [0.1, 0.15) is 18.4 Å². The molecular weight excluding hydrogens is 495 g/mol. The number of amides is 1. The lowest BCUT2D eigenvalue weighted by Crippen LogP contribution is -2.49. The van der Waals surface area contributed by atoms with Crippen molar-refractivity contribution >= 4 is 34.4 Å². The highest BCUT2D eigenvalue weighted by Gasteiger charge is 2.29. The van der Waals surface area contributed by atoms with Crippen molar-refractivity contribution in [1.29, 1.82) is 0 Å². The maximum absolute atomic E-state index is 13.7. The zero-order chi connectivity index (χ0) is 26.1. The number of methoxy groups -OCH3 is 1. The summed E-state index contributed by atoms with van der Waals surface area (Å²) in [7, 11) is 1.57. The van der Waals surface area contributed by atoms with Gasteiger partial charge in [0.2, 0.25) is 5.91 Å². The number of ether oxygens (including phenoxy) is 2. The quantitative estimate of drug-likeness (QED) is 0.361. The van der Waals surface area contributed by atoms with E-state index in [9.17, 15) is 14.0 Å². The van der Waals surface area contributed by atoms with E-state index in [2.05, 4.69) is 22.5 Å². The van der Waals surface area contributed by atoms with Gasteiger partial charge in [0.15, 0.2) is 0 Å². The normalized spacial score (nSPS) is 17.6. The number of aryl methyl sites for hydroxylation is 1. The fourth-order valence-electron chi connectivity index (χ4n) is 5.01. The van der Waals surface area contributed by atoms with E-state index in [-0.39, 0.29) is 30.3 Å². The lowest BCUT2D eigenvalue weighted by atomic mass is 9.97. The number of nitrogens with zero attached hydrogens (tertiary/aromatic N) is 4. The molecule has 0 bridgehead atoms. The van der Waals surface area contributed by atoms with Crippen LogP contribution in [-0.4, -0.2) is 72.3 Å². The molecule has 194 valence electrons. The zero-order valence-corrected chi connectivity index (χ0v) is 21.7. The van der Waals surface area contributed by atoms with Gasteiger partial charge in [-0.3, -0.25) is 9.36 Å². The number of aromatic nitrogens is 2. The second kappa shape index (κ2) is 10.6. The number of rotatable bonds is 6. The molecule has 0 saturated carbocycles. The number of piperazine rings is 1. The minimum atomic E-state index is -0.351. The Morgan fingerprint density at radius 1 is 1.24 bits per heavy atom. The Balaban J connectivity index is 1.67. The van der Waals surface area contributed by atoms with Crippen LogP contribution in [0.4, 0.5) is 10.2 Å². The van der Waals surface area contributed by atoms with E-state index in [1.807, 2.05) is 6.92 Å². The van der Waals surface area contributed by atoms with E-state index in [0.29, 0.717) is 44.3 Å². The minimum absolute atomic E-state index is 0.0978. The molecule has 0 radical (unpaired) electrons. The highest BCUT2D eigenvalue weighted by molar-refractivity contribution is 7.99. The van der Waals surface area contributed by atoms with Crippen molar-refractivity contribution in [1.82, 2.24) is 14.5 Å². The second-order valence-electron chi connectivity index (χ2n) is 9.15. The van der Waals surface area contributed by atoms with Gasteiger partial charge in [-0.25, -0.2) is 9.18 Å². The van der Waals surface area contributed by atoms with Crippen LogP contribution in [0.3, 0.4) is 0 Å². The van der Waals surface area contributed by atoms with Crippen LogP contribution >= 0.6 is 11.8 Å². The lowest BCUT2D eigenvalue weighted by Gasteiger charge is -2.35. The summed E-state index contributed by atoms with van der Waals surface area (Å²) in [5.41, 5.74) is 3.31. The molecule has 1 saturated heterocycles. The minimum Gasteiger partial charge on any atom is -0.359 e. The third kappa shape index (κ3) is 4.88. The van der Waals surface area contributed by atoms with E-state index in [1.54, 1.807) is 40.5 Å². The first-order chi connectivity index (χ1) is 17.9. The van der Waals surface area contributed by atoms with E-state index in [0.717, 1.165) is 32.5 Å². The Morgan fingerprint density at radius 2 is 1.97 bits per heavy atom. The molecule has 1 fully saturated rings. The number of anilines is 1. The average molecular weight is 525 g/mol. The standard InChI is InChI=1S/C27H29FN4O4S/c1-4-22(33)30-9-11-31(12-10-30)26-21-13-17(2)23(18-5-7-19(28)8-6-18)25-24(21)32(27(34)29-26)14-20(15-37-25)36-16-35-3/h4-8,13,20H,1,9-12,14-16H2,2-3H3/t20-/m0/s1. The van der Waals surface area contributed by atoms with Gasteiger partial charge in [-0.1, -0.05) is 18.7 Å². The van der Waals surface area contributed by atoms with E-state index < -0.39 is 0 Å². The highest BCUT2D eigenvalue weighted by Crippen LogP contribution is 2.43. The molecule has 1 atom stereocenters. The number of carbonyl (C=O) groups excluding carboxylic acids is 1. The molecule has 5 rings (SSSR count). The fraction of sp³-hybridized carbons (Fsp3) is 0.370. The van der Waals surface area contributed by atoms with Gasteiger partial charge in [-0.2, -0.15) is 4.98 Å². The summed E-state index contributed by atoms with van der Waals surface area (Å²) in [6, 6.07) is 8.50. The monoisotopic (exact) mass is 524 g/mol. The summed E-state index contributed by atoms with van der Waals surface area (Å²) < 4.78 is 26.4. The van der Waals surface area contributed by atoms with Crippen LogP contribution in [0.1, 0.15) is 5.56 Å². The molecule has 37 heavy (non-hydrogen) atoms. The van der Waals surface area contributed by atoms with E-state index >= 15 is 0 Å². The summed E-state index contributed by atoms with van der Waals surface area (Å²) in [4.78, 5) is 34.9. The lowest BCUT2D eigenvalue weighted by molar-refractivity contribution is -0.126. The Bertz CT molecular complexity index is 1400. The van der Waals surface area contributed by atoms with E-state index in [4.69, 9.17) is 9.47 Å². The van der Waals surface area contributed by atoms with Crippen LogP contribution in [0.5, 0.6) is 0 Å². The van der Waals surface area contributed by atoms with Gasteiger partial charge in [-0.05, 0) is 42.3 Å². The molecule has 0 unspecified atom stereocenters. The molecule has 3 aromatic rings. The summed E-state index contributed by atoms with van der Waals surface area (Å²) in [5, 5.41) is 0.876. The molecule has 0 spiro atoms. The smallest absolute Gasteiger partial charge is 0.350 e. The number of carbonyl (C=O) groups is 1. The fourth-order valence-corrected chi connectivity index (χ4v) is 6.35. The predicted molar refractivity (Wildman–Crippen MR) is 143 cm³/mol. The first kappa shape index (κ1) is 25.4. The van der Waals surface area contributed by atoms with Crippen molar-refractivity contribution in [3.05, 3.63) is 64.9 Å². The Morgan fingerprint density at radius 3 is 2.65 bits per heavy atom. The van der Waals surface area contributed by atoms with Crippen molar-refractivity contribution in [2.45, 2.75) is 24.5 Å². The largest absolute Gasteiger partial charge is 0.359 e. The van der Waals surface area contributed by atoms with Crippen LogP contribution in [0.2, 0.25) is 0 Å². The van der Waals surface area contributed by atoms with Crippen LogP contribution in [-0.2, 0) is 20.8 Å². The molecule has 2 aromatic carbocycles. The van der Waals surface area contributed by atoms with Crippen molar-refractivity contribution in [2.75, 3.05) is 50.7 Å². The van der Waals surface area contributed by atoms with Crippen molar-refractivity contribution in [2.24, 2.45) is 0 Å². The number of benzene rings is 2. The van der Waals surface area contributed by atoms with Gasteiger partial charge >= 0.3 is 5.69 Å². The van der Waals surface area contributed by atoms with Gasteiger partial charge in [0.25, 0.3) is 0 Å². The third-order valence-corrected chi connectivity index (χ3v) is 8.04. The maximum Gasteiger partial charge on any atom is 0.350 e. The zero-order valence-electron chi connectivity index (χ0n) is 20.9. The van der Waals surface area contributed by atoms with Crippen LogP contribution in [0, 0.1) is 12.7 Å². The summed E-state index contributed by atoms with van der Waals surface area (Å²) in [5.74, 6) is 0.842. The van der Waals surface area contributed by atoms with Gasteiger partial charge < -0.3 is 19.3 Å². The second-order valence-corrected chi connectivity index (χ2v) is 10.2. The number of halogens is 1. The van der Waals surface area contributed by atoms with Gasteiger partial charge in [0.05, 0.1) is 18.2 Å².